The van der Waals surface area contributed by atoms with Crippen LogP contribution in [0.5, 0.6) is 0 Å². The maximum absolute atomic E-state index is 12.1. The Labute approximate surface area is 222 Å². The number of nitrogens with two attached hydrogens (primary N) is 1. The van der Waals surface area contributed by atoms with Crippen LogP contribution in [0.15, 0.2) is 0 Å². The minimum atomic E-state index is -1.19. The normalized spacial score (nSPS) is 22.7. The molecule has 0 radical (unpaired) electrons. The van der Waals surface area contributed by atoms with Crippen LogP contribution in [0.3, 0.4) is 0 Å². The number of carbonyl (C=O) groups is 5. The van der Waals surface area contributed by atoms with Crippen molar-refractivity contribution >= 4 is 29.7 Å². The average molecular weight is 547 g/mol. The lowest BCUT2D eigenvalue weighted by Gasteiger charge is -2.44. The zero-order valence-electron chi connectivity index (χ0n) is 22.6. The van der Waals surface area contributed by atoms with E-state index in [1.165, 1.54) is 13.8 Å². The first-order chi connectivity index (χ1) is 18.0. The van der Waals surface area contributed by atoms with Crippen molar-refractivity contribution in [3.63, 3.8) is 0 Å². The predicted molar refractivity (Wildman–Crippen MR) is 133 cm³/mol. The molecule has 0 aromatic heterocycles. The van der Waals surface area contributed by atoms with E-state index in [4.69, 9.17) is 29.5 Å². The number of hydrazine groups is 1. The van der Waals surface area contributed by atoms with E-state index in [1.54, 1.807) is 0 Å². The van der Waals surface area contributed by atoms with E-state index in [2.05, 4.69) is 16.1 Å². The maximum Gasteiger partial charge on any atom is 0.303 e. The van der Waals surface area contributed by atoms with Gasteiger partial charge < -0.3 is 34.3 Å². The Balaban J connectivity index is 2.78. The summed E-state index contributed by atoms with van der Waals surface area (Å²) in [6, 6.07) is -1.04. The molecule has 5 unspecified atom stereocenters. The van der Waals surface area contributed by atoms with Crippen LogP contribution >= 0.6 is 0 Å². The largest absolute Gasteiger partial charge is 0.463 e. The quantitative estimate of drug-likeness (QED) is 0.0606. The highest BCUT2D eigenvalue weighted by atomic mass is 16.7. The average Bonchev–Trinajstić information content (AvgIpc) is 2.82. The maximum atomic E-state index is 12.1. The van der Waals surface area contributed by atoms with Crippen LogP contribution in [0.4, 0.5) is 0 Å². The van der Waals surface area contributed by atoms with E-state index in [-0.39, 0.29) is 25.5 Å². The molecule has 0 aliphatic carbocycles. The van der Waals surface area contributed by atoms with Crippen molar-refractivity contribution in [1.82, 2.24) is 16.1 Å². The third-order valence-electron chi connectivity index (χ3n) is 5.47. The lowest BCUT2D eigenvalue weighted by Crippen LogP contribution is -2.66. The Morgan fingerprint density at radius 2 is 1.45 bits per heavy atom. The van der Waals surface area contributed by atoms with Crippen molar-refractivity contribution < 1.29 is 47.7 Å². The standard InChI is InChI=1S/C24H42N4O10/c1-15(29)28-21-23(37-18(4)32)22(36-17(3)31)19(14-35-16(2)30)38-24(21)34-13-9-10-20(33)26-11-7-5-6-8-12-27-25/h19,21-24,27H,5-14,25H2,1-4H3,(H,26,33)(H,28,29). The van der Waals surface area contributed by atoms with E-state index in [0.29, 0.717) is 13.0 Å². The molecule has 0 spiro atoms. The molecular formula is C24H42N4O10. The molecule has 1 fully saturated rings. The van der Waals surface area contributed by atoms with Crippen molar-refractivity contribution in [2.75, 3.05) is 26.3 Å². The fourth-order valence-electron chi connectivity index (χ4n) is 3.89. The van der Waals surface area contributed by atoms with Crippen LogP contribution in [-0.4, -0.2) is 86.7 Å². The van der Waals surface area contributed by atoms with Crippen LogP contribution in [0.2, 0.25) is 0 Å². The Morgan fingerprint density at radius 3 is 2.03 bits per heavy atom. The molecule has 0 aromatic carbocycles. The number of ether oxygens (including phenoxy) is 5. The van der Waals surface area contributed by atoms with Gasteiger partial charge in [-0.05, 0) is 19.3 Å². The molecular weight excluding hydrogens is 504 g/mol. The summed E-state index contributed by atoms with van der Waals surface area (Å²) in [5.41, 5.74) is 2.60. The van der Waals surface area contributed by atoms with Gasteiger partial charge in [-0.1, -0.05) is 12.8 Å². The summed E-state index contributed by atoms with van der Waals surface area (Å²) in [5.74, 6) is 2.65. The first kappa shape index (κ1) is 33.2. The van der Waals surface area contributed by atoms with Crippen molar-refractivity contribution in [3.05, 3.63) is 0 Å². The van der Waals surface area contributed by atoms with Crippen molar-refractivity contribution in [1.29, 1.82) is 0 Å². The number of hydrogen-bond acceptors (Lipinski definition) is 12. The van der Waals surface area contributed by atoms with Gasteiger partial charge >= 0.3 is 17.9 Å². The summed E-state index contributed by atoms with van der Waals surface area (Å²) < 4.78 is 27.5. The smallest absolute Gasteiger partial charge is 0.303 e. The molecule has 38 heavy (non-hydrogen) atoms. The summed E-state index contributed by atoms with van der Waals surface area (Å²) in [6.45, 7) is 5.88. The number of unbranched alkanes of at least 4 members (excludes halogenated alkanes) is 3. The number of nitrogens with one attached hydrogen (secondary N) is 3. The van der Waals surface area contributed by atoms with Crippen molar-refractivity contribution in [2.45, 2.75) is 96.9 Å². The lowest BCUT2D eigenvalue weighted by molar-refractivity contribution is -0.277. The SMILES string of the molecule is CC(=O)NC1C(OCCCC(=O)NCCCCCCNN)OC(COC(C)=O)C(OC(C)=O)C1OC(C)=O. The van der Waals surface area contributed by atoms with Gasteiger partial charge in [0.2, 0.25) is 11.8 Å². The molecule has 14 nitrogen and oxygen atoms in total. The molecule has 2 amide bonds. The van der Waals surface area contributed by atoms with Crippen LogP contribution in [-0.2, 0) is 47.7 Å². The van der Waals surface area contributed by atoms with Gasteiger partial charge in [-0.15, -0.1) is 0 Å². The summed E-state index contributed by atoms with van der Waals surface area (Å²) in [7, 11) is 0. The molecule has 1 aliphatic rings. The lowest BCUT2D eigenvalue weighted by atomic mass is 9.96. The second kappa shape index (κ2) is 18.4. The fraction of sp³-hybridized carbons (Fsp3) is 0.792. The van der Waals surface area contributed by atoms with Gasteiger partial charge in [-0.25, -0.2) is 0 Å². The van der Waals surface area contributed by atoms with E-state index in [1.807, 2.05) is 0 Å². The molecule has 0 saturated carbocycles. The Morgan fingerprint density at radius 1 is 0.816 bits per heavy atom. The molecule has 1 aliphatic heterocycles. The highest BCUT2D eigenvalue weighted by molar-refractivity contribution is 5.75. The van der Waals surface area contributed by atoms with Crippen LogP contribution in [0, 0.1) is 0 Å². The Hall–Kier alpha value is -2.81. The fourth-order valence-corrected chi connectivity index (χ4v) is 3.89. The predicted octanol–water partition coefficient (Wildman–Crippen LogP) is -0.421. The van der Waals surface area contributed by atoms with Crippen LogP contribution < -0.4 is 21.9 Å². The first-order valence-electron chi connectivity index (χ1n) is 12.8. The molecule has 1 rings (SSSR count). The third-order valence-corrected chi connectivity index (χ3v) is 5.47. The van der Waals surface area contributed by atoms with Crippen molar-refractivity contribution in [2.24, 2.45) is 5.84 Å². The number of esters is 3. The molecule has 14 heteroatoms. The van der Waals surface area contributed by atoms with Gasteiger partial charge in [-0.3, -0.25) is 35.2 Å². The molecule has 5 N–H and O–H groups in total. The Kier molecular flexibility index (Phi) is 16.1. The summed E-state index contributed by atoms with van der Waals surface area (Å²) in [4.78, 5) is 59.1. The second-order valence-corrected chi connectivity index (χ2v) is 8.91. The van der Waals surface area contributed by atoms with Gasteiger partial charge in [0, 0.05) is 47.2 Å². The summed E-state index contributed by atoms with van der Waals surface area (Å²) in [6.07, 6.45) is -0.175. The van der Waals surface area contributed by atoms with E-state index >= 15 is 0 Å². The van der Waals surface area contributed by atoms with Gasteiger partial charge in [0.15, 0.2) is 18.5 Å². The van der Waals surface area contributed by atoms with E-state index in [9.17, 15) is 24.0 Å². The minimum Gasteiger partial charge on any atom is -0.463 e. The van der Waals surface area contributed by atoms with E-state index < -0.39 is 54.5 Å². The number of amides is 2. The molecule has 0 aromatic rings. The molecule has 218 valence electrons. The van der Waals surface area contributed by atoms with Crippen LogP contribution in [0.25, 0.3) is 0 Å². The molecule has 0 bridgehead atoms. The number of carbonyl (C=O) groups excluding carboxylic acids is 5. The number of hydrogen-bond donors (Lipinski definition) is 4. The monoisotopic (exact) mass is 546 g/mol. The second-order valence-electron chi connectivity index (χ2n) is 8.91. The minimum absolute atomic E-state index is 0.0750. The van der Waals surface area contributed by atoms with Crippen LogP contribution in [0.1, 0.15) is 66.2 Å². The topological polar surface area (TPSA) is 194 Å². The zero-order valence-corrected chi connectivity index (χ0v) is 22.6. The van der Waals surface area contributed by atoms with Gasteiger partial charge in [0.1, 0.15) is 18.8 Å². The first-order valence-corrected chi connectivity index (χ1v) is 12.8. The molecule has 1 saturated heterocycles. The molecule has 1 heterocycles. The highest BCUT2D eigenvalue weighted by Gasteiger charge is 2.51. The Bertz CT molecular complexity index is 781. The third kappa shape index (κ3) is 13.7. The molecule has 5 atom stereocenters. The van der Waals surface area contributed by atoms with Gasteiger partial charge in [0.05, 0.1) is 6.61 Å². The summed E-state index contributed by atoms with van der Waals surface area (Å²) >= 11 is 0. The van der Waals surface area contributed by atoms with Gasteiger partial charge in [-0.2, -0.15) is 0 Å². The van der Waals surface area contributed by atoms with E-state index in [0.717, 1.165) is 46.1 Å². The van der Waals surface area contributed by atoms with Gasteiger partial charge in [0.25, 0.3) is 0 Å². The zero-order chi connectivity index (χ0) is 28.5. The highest BCUT2D eigenvalue weighted by Crippen LogP contribution is 2.28. The van der Waals surface area contributed by atoms with Crippen molar-refractivity contribution in [3.8, 4) is 0 Å². The number of rotatable bonds is 17. The summed E-state index contributed by atoms with van der Waals surface area (Å²) in [5, 5.41) is 5.48.